The molecule has 1 fully saturated rings. The van der Waals surface area contributed by atoms with Crippen LogP contribution < -0.4 is 0 Å². The van der Waals surface area contributed by atoms with Gasteiger partial charge >= 0.3 is 0 Å². The van der Waals surface area contributed by atoms with E-state index in [-0.39, 0.29) is 0 Å². The lowest BCUT2D eigenvalue weighted by molar-refractivity contribution is 0.0850. The van der Waals surface area contributed by atoms with Crippen molar-refractivity contribution in [3.63, 3.8) is 0 Å². The predicted molar refractivity (Wildman–Crippen MR) is 16.2 cm³/mol. The molecular weight excluding hydrogens is 68.0 g/mol. The molecule has 0 aromatic rings. The molecule has 0 amide bonds. The lowest BCUT2D eigenvalue weighted by Crippen LogP contribution is -1.89. The second-order valence-electron chi connectivity index (χ2n) is 0.783. The molecule has 5 heavy (non-hydrogen) atoms. The van der Waals surface area contributed by atoms with Crippen LogP contribution in [-0.4, -0.2) is 5.79 Å². The van der Waals surface area contributed by atoms with E-state index in [1.165, 1.54) is 0 Å². The summed E-state index contributed by atoms with van der Waals surface area (Å²) >= 11 is 0. The van der Waals surface area contributed by atoms with E-state index in [4.69, 9.17) is 8.22 Å². The molecule has 1 aliphatic heterocycles. The van der Waals surface area contributed by atoms with Crippen molar-refractivity contribution in [3.8, 4) is 0 Å². The first-order valence-corrected chi connectivity index (χ1v) is 1.07. The van der Waals surface area contributed by atoms with Gasteiger partial charge in [0.1, 0.15) is 0 Å². The molecular formula is C3H6O2. The van der Waals surface area contributed by atoms with Crippen LogP contribution in [0.1, 0.15) is 21.9 Å². The summed E-state index contributed by atoms with van der Waals surface area (Å²) in [6.07, 6.45) is 0. The molecule has 0 spiro atoms. The number of hydrogen-bond acceptors (Lipinski definition) is 2. The van der Waals surface area contributed by atoms with Gasteiger partial charge in [-0.15, -0.1) is 0 Å². The Morgan fingerprint density at radius 2 is 2.20 bits per heavy atom. The van der Waals surface area contributed by atoms with E-state index in [0.29, 0.717) is 0 Å². The fourth-order valence-electron chi connectivity index (χ4n) is 0.0417. The highest BCUT2D eigenvalue weighted by Crippen LogP contribution is 2.26. The summed E-state index contributed by atoms with van der Waals surface area (Å²) in [6, 6.07) is 0. The Kier molecular flexibility index (Phi) is 0.0676. The van der Waals surface area contributed by atoms with E-state index in [1.807, 2.05) is 0 Å². The second kappa shape index (κ2) is 0.533. The topological polar surface area (TPSA) is 25.1 Å². The molecule has 1 rings (SSSR count). The maximum Gasteiger partial charge on any atom is 0.228 e. The van der Waals surface area contributed by atoms with Crippen LogP contribution in [0.4, 0.5) is 0 Å². The van der Waals surface area contributed by atoms with E-state index in [2.05, 4.69) is 9.78 Å². The van der Waals surface area contributed by atoms with Crippen molar-refractivity contribution in [3.05, 3.63) is 0 Å². The van der Waals surface area contributed by atoms with Gasteiger partial charge in [0.05, 0.1) is 0 Å². The molecule has 1 heterocycles. The van der Waals surface area contributed by atoms with Crippen molar-refractivity contribution in [2.45, 2.75) is 19.5 Å². The van der Waals surface area contributed by atoms with Crippen molar-refractivity contribution >= 4 is 0 Å². The van der Waals surface area contributed by atoms with Gasteiger partial charge in [-0.2, -0.15) is 9.78 Å². The smallest absolute Gasteiger partial charge is 0.196 e. The summed E-state index contributed by atoms with van der Waals surface area (Å²) in [5.74, 6) is -2.38. The van der Waals surface area contributed by atoms with Crippen molar-refractivity contribution in [1.29, 1.82) is 0 Å². The number of rotatable bonds is 0. The monoisotopic (exact) mass is 80.1 g/mol. The van der Waals surface area contributed by atoms with E-state index < -0.39 is 19.5 Å². The van der Waals surface area contributed by atoms with Gasteiger partial charge in [0.2, 0.25) is 5.79 Å². The standard InChI is InChI=1S/C3H6O2/c1-3(2)4-5-3/h1-2H3/i1D3,2D3. The fraction of sp³-hybridized carbons (Fsp3) is 1.00. The summed E-state index contributed by atoms with van der Waals surface area (Å²) in [5, 5.41) is 0. The lowest BCUT2D eigenvalue weighted by atomic mass is 10.4. The molecule has 0 saturated carbocycles. The van der Waals surface area contributed by atoms with Gasteiger partial charge in [-0.25, -0.2) is 0 Å². The van der Waals surface area contributed by atoms with Crippen LogP contribution >= 0.6 is 0 Å². The van der Waals surface area contributed by atoms with Crippen LogP contribution in [0, 0.1) is 0 Å². The first-order chi connectivity index (χ1) is 4.71. The maximum atomic E-state index is 6.78. The molecule has 2 nitrogen and oxygen atoms in total. The third-order valence-electron chi connectivity index (χ3n) is 0.250. The van der Waals surface area contributed by atoms with Crippen LogP contribution in [-0.2, 0) is 9.78 Å². The zero-order valence-corrected chi connectivity index (χ0v) is 2.32. The molecule has 0 bridgehead atoms. The van der Waals surface area contributed by atoms with Gasteiger partial charge in [-0.05, 0) is 13.7 Å². The van der Waals surface area contributed by atoms with Crippen molar-refractivity contribution < 1.29 is 18.0 Å². The molecule has 0 aliphatic carbocycles. The third-order valence-corrected chi connectivity index (χ3v) is 0.250. The minimum absolute atomic E-state index is 2.38. The number of hydrogen-bond donors (Lipinski definition) is 0. The second-order valence-corrected chi connectivity index (χ2v) is 0.783. The van der Waals surface area contributed by atoms with E-state index in [1.54, 1.807) is 0 Å². The van der Waals surface area contributed by atoms with Gasteiger partial charge in [-0.3, -0.25) is 0 Å². The lowest BCUT2D eigenvalue weighted by Gasteiger charge is -1.72. The normalized spacial score (nSPS) is 52.8. The minimum Gasteiger partial charge on any atom is -0.196 e. The first-order valence-electron chi connectivity index (χ1n) is 4.07. The molecule has 1 saturated heterocycles. The maximum absolute atomic E-state index is 6.78. The summed E-state index contributed by atoms with van der Waals surface area (Å²) < 4.78 is 40.7. The van der Waals surface area contributed by atoms with Crippen LogP contribution in [0.2, 0.25) is 0 Å². The SMILES string of the molecule is [2H]C([2H])([2H])C1(C([2H])([2H])[2H])OO1. The average Bonchev–Trinajstić information content (AvgIpc) is 2.31. The van der Waals surface area contributed by atoms with Crippen LogP contribution in [0.15, 0.2) is 0 Å². The van der Waals surface area contributed by atoms with E-state index >= 15 is 0 Å². The summed E-state index contributed by atoms with van der Waals surface area (Å²) in [6.45, 7) is -5.53. The van der Waals surface area contributed by atoms with Crippen LogP contribution in [0.3, 0.4) is 0 Å². The van der Waals surface area contributed by atoms with Crippen molar-refractivity contribution in [2.75, 3.05) is 0 Å². The van der Waals surface area contributed by atoms with Gasteiger partial charge in [0, 0.05) is 8.22 Å². The molecule has 30 valence electrons. The van der Waals surface area contributed by atoms with E-state index in [9.17, 15) is 0 Å². The largest absolute Gasteiger partial charge is 0.228 e. The third kappa shape index (κ3) is 0.597. The molecule has 2 heteroatoms. The van der Waals surface area contributed by atoms with Gasteiger partial charge in [0.15, 0.2) is 0 Å². The zero-order chi connectivity index (χ0) is 8.91. The Labute approximate surface area is 39.0 Å². The average molecular weight is 80.1 g/mol. The molecule has 0 aromatic carbocycles. The minimum atomic E-state index is -2.77. The quantitative estimate of drug-likeness (QED) is 0.316. The Morgan fingerprint density at radius 3 is 2.20 bits per heavy atom. The van der Waals surface area contributed by atoms with Crippen LogP contribution in [0.5, 0.6) is 0 Å². The Morgan fingerprint density at radius 1 is 1.60 bits per heavy atom. The first kappa shape index (κ1) is 0.634. The molecule has 0 atom stereocenters. The Bertz CT molecular complexity index is 148. The summed E-state index contributed by atoms with van der Waals surface area (Å²) in [7, 11) is 0. The highest BCUT2D eigenvalue weighted by Gasteiger charge is 2.36. The molecule has 1 aliphatic rings. The van der Waals surface area contributed by atoms with Crippen molar-refractivity contribution in [2.24, 2.45) is 0 Å². The van der Waals surface area contributed by atoms with Crippen molar-refractivity contribution in [1.82, 2.24) is 0 Å². The highest BCUT2D eigenvalue weighted by molar-refractivity contribution is 4.53. The fourth-order valence-corrected chi connectivity index (χ4v) is 0.0417. The van der Waals surface area contributed by atoms with Crippen LogP contribution in [0.25, 0.3) is 0 Å². The van der Waals surface area contributed by atoms with Gasteiger partial charge in [-0.1, -0.05) is 0 Å². The Balaban J connectivity index is 2.85. The van der Waals surface area contributed by atoms with Gasteiger partial charge in [0.25, 0.3) is 0 Å². The summed E-state index contributed by atoms with van der Waals surface area (Å²) in [5.41, 5.74) is 0. The predicted octanol–water partition coefficient (Wildman–Crippen LogP) is 0.684. The molecule has 0 aromatic heterocycles. The zero-order valence-electron chi connectivity index (χ0n) is 8.32. The molecule has 0 radical (unpaired) electrons. The Hall–Kier alpha value is -0.0800. The molecule has 0 unspecified atom stereocenters. The summed E-state index contributed by atoms with van der Waals surface area (Å²) in [4.78, 5) is 8.00. The molecule has 0 N–H and O–H groups in total. The highest BCUT2D eigenvalue weighted by atomic mass is 17.4. The van der Waals surface area contributed by atoms with Gasteiger partial charge < -0.3 is 0 Å². The van der Waals surface area contributed by atoms with E-state index in [0.717, 1.165) is 0 Å².